The van der Waals surface area contributed by atoms with Crippen LogP contribution in [0.5, 0.6) is 11.5 Å². The van der Waals surface area contributed by atoms with Gasteiger partial charge >= 0.3 is 6.61 Å². The normalized spacial score (nSPS) is 15.0. The smallest absolute Gasteiger partial charge is 0.387 e. The van der Waals surface area contributed by atoms with Crippen molar-refractivity contribution in [3.63, 3.8) is 0 Å². The third kappa shape index (κ3) is 6.75. The van der Waals surface area contributed by atoms with E-state index >= 15 is 0 Å². The summed E-state index contributed by atoms with van der Waals surface area (Å²) < 4.78 is 61.8. The van der Waals surface area contributed by atoms with Gasteiger partial charge in [0.25, 0.3) is 0 Å². The van der Waals surface area contributed by atoms with Crippen molar-refractivity contribution < 1.29 is 31.5 Å². The molecule has 0 aliphatic carbocycles. The van der Waals surface area contributed by atoms with Crippen molar-refractivity contribution in [2.45, 2.75) is 37.7 Å². The Balaban J connectivity index is 1.76. The summed E-state index contributed by atoms with van der Waals surface area (Å²) in [5, 5.41) is 2.66. The number of hydrogen-bond donors (Lipinski definition) is 1. The van der Waals surface area contributed by atoms with Crippen LogP contribution in [0, 0.1) is 0 Å². The number of ether oxygens (including phenoxy) is 2. The first-order valence-electron chi connectivity index (χ1n) is 10.6. The molecule has 0 aromatic heterocycles. The van der Waals surface area contributed by atoms with Crippen molar-refractivity contribution in [2.24, 2.45) is 0 Å². The molecule has 0 bridgehead atoms. The van der Waals surface area contributed by atoms with Gasteiger partial charge in [0.15, 0.2) is 0 Å². The zero-order valence-corrected chi connectivity index (χ0v) is 19.0. The molecule has 7 nitrogen and oxygen atoms in total. The van der Waals surface area contributed by atoms with E-state index in [2.05, 4.69) is 10.1 Å². The Morgan fingerprint density at radius 1 is 1.12 bits per heavy atom. The number of piperidine rings is 1. The minimum Gasteiger partial charge on any atom is -0.492 e. The van der Waals surface area contributed by atoms with Crippen LogP contribution >= 0.6 is 0 Å². The SMILES string of the molecule is CCOc1ccc(S(=O)(=O)N2CCCCC2)cc1NC(=O)/C=C/c1ccc(OC(F)F)cc1. The van der Waals surface area contributed by atoms with Crippen LogP contribution in [0.25, 0.3) is 6.08 Å². The van der Waals surface area contributed by atoms with Crippen LogP contribution in [0.1, 0.15) is 31.7 Å². The maximum absolute atomic E-state index is 13.0. The lowest BCUT2D eigenvalue weighted by atomic mass is 10.2. The molecular formula is C23H26F2N2O5S. The molecule has 0 atom stereocenters. The van der Waals surface area contributed by atoms with Gasteiger partial charge in [-0.1, -0.05) is 18.6 Å². The highest BCUT2D eigenvalue weighted by molar-refractivity contribution is 7.89. The molecule has 1 heterocycles. The Morgan fingerprint density at radius 2 is 1.82 bits per heavy atom. The Bertz CT molecular complexity index is 1080. The van der Waals surface area contributed by atoms with Crippen LogP contribution < -0.4 is 14.8 Å². The van der Waals surface area contributed by atoms with Crippen molar-refractivity contribution in [1.29, 1.82) is 0 Å². The lowest BCUT2D eigenvalue weighted by molar-refractivity contribution is -0.111. The molecule has 0 spiro atoms. The van der Waals surface area contributed by atoms with Gasteiger partial charge in [0.1, 0.15) is 11.5 Å². The van der Waals surface area contributed by atoms with E-state index in [1.165, 1.54) is 58.9 Å². The molecule has 2 aromatic rings. The quantitative estimate of drug-likeness (QED) is 0.534. The molecular weight excluding hydrogens is 454 g/mol. The Hall–Kier alpha value is -2.98. The number of nitrogens with one attached hydrogen (secondary N) is 1. The van der Waals surface area contributed by atoms with Crippen molar-refractivity contribution >= 4 is 27.7 Å². The second kappa shape index (κ2) is 11.2. The highest BCUT2D eigenvalue weighted by Gasteiger charge is 2.27. The first-order valence-corrected chi connectivity index (χ1v) is 12.0. The van der Waals surface area contributed by atoms with Crippen LogP contribution in [-0.4, -0.2) is 44.9 Å². The summed E-state index contributed by atoms with van der Waals surface area (Å²) in [6, 6.07) is 10.2. The number of carbonyl (C=O) groups excluding carboxylic acids is 1. The average molecular weight is 481 g/mol. The van der Waals surface area contributed by atoms with Gasteiger partial charge < -0.3 is 14.8 Å². The summed E-state index contributed by atoms with van der Waals surface area (Å²) in [4.78, 5) is 12.6. The molecule has 1 amide bonds. The number of nitrogens with zero attached hydrogens (tertiary/aromatic N) is 1. The molecule has 1 aliphatic heterocycles. The number of hydrogen-bond acceptors (Lipinski definition) is 5. The van der Waals surface area contributed by atoms with Gasteiger partial charge in [-0.2, -0.15) is 13.1 Å². The zero-order chi connectivity index (χ0) is 23.8. The third-order valence-electron chi connectivity index (χ3n) is 4.99. The first-order chi connectivity index (χ1) is 15.8. The maximum atomic E-state index is 13.0. The molecule has 1 saturated heterocycles. The second-order valence-electron chi connectivity index (χ2n) is 7.33. The number of halogens is 2. The second-order valence-corrected chi connectivity index (χ2v) is 9.26. The van der Waals surface area contributed by atoms with Gasteiger partial charge in [-0.25, -0.2) is 8.42 Å². The Morgan fingerprint density at radius 3 is 2.45 bits per heavy atom. The first kappa shape index (κ1) is 24.7. The summed E-state index contributed by atoms with van der Waals surface area (Å²) >= 11 is 0. The molecule has 33 heavy (non-hydrogen) atoms. The number of sulfonamides is 1. The molecule has 3 rings (SSSR count). The molecule has 0 unspecified atom stereocenters. The van der Waals surface area contributed by atoms with E-state index in [0.29, 0.717) is 31.0 Å². The zero-order valence-electron chi connectivity index (χ0n) is 18.2. The number of rotatable bonds is 9. The molecule has 0 radical (unpaired) electrons. The number of benzene rings is 2. The number of carbonyl (C=O) groups is 1. The summed E-state index contributed by atoms with van der Waals surface area (Å²) in [5.74, 6) is -0.138. The summed E-state index contributed by atoms with van der Waals surface area (Å²) in [6.45, 7) is 0.156. The summed E-state index contributed by atoms with van der Waals surface area (Å²) in [5.41, 5.74) is 0.837. The van der Waals surface area contributed by atoms with Gasteiger partial charge in [-0.15, -0.1) is 0 Å². The lowest BCUT2D eigenvalue weighted by Gasteiger charge is -2.26. The van der Waals surface area contributed by atoms with Crippen LogP contribution in [0.3, 0.4) is 0 Å². The molecule has 2 aromatic carbocycles. The van der Waals surface area contributed by atoms with E-state index in [9.17, 15) is 22.0 Å². The fraction of sp³-hybridized carbons (Fsp3) is 0.348. The van der Waals surface area contributed by atoms with Crippen LogP contribution in [0.4, 0.5) is 14.5 Å². The fourth-order valence-electron chi connectivity index (χ4n) is 3.41. The van der Waals surface area contributed by atoms with E-state index in [-0.39, 0.29) is 16.3 Å². The van der Waals surface area contributed by atoms with Gasteiger partial charge in [0.05, 0.1) is 17.2 Å². The van der Waals surface area contributed by atoms with Gasteiger partial charge in [-0.3, -0.25) is 4.79 Å². The molecule has 178 valence electrons. The summed E-state index contributed by atoms with van der Waals surface area (Å²) in [6.07, 6.45) is 5.39. The largest absolute Gasteiger partial charge is 0.492 e. The number of amides is 1. The lowest BCUT2D eigenvalue weighted by Crippen LogP contribution is -2.35. The molecule has 10 heteroatoms. The monoisotopic (exact) mass is 480 g/mol. The van der Waals surface area contributed by atoms with Crippen molar-refractivity contribution in [1.82, 2.24) is 4.31 Å². The summed E-state index contributed by atoms with van der Waals surface area (Å²) in [7, 11) is -3.68. The number of anilines is 1. The predicted molar refractivity (Wildman–Crippen MR) is 121 cm³/mol. The molecule has 1 fully saturated rings. The Kier molecular flexibility index (Phi) is 8.40. The van der Waals surface area contributed by atoms with E-state index in [4.69, 9.17) is 4.74 Å². The number of alkyl halides is 2. The molecule has 1 aliphatic rings. The minimum absolute atomic E-state index is 0.0136. The van der Waals surface area contributed by atoms with Crippen molar-refractivity contribution in [3.8, 4) is 11.5 Å². The van der Waals surface area contributed by atoms with E-state index in [1.807, 2.05) is 0 Å². The highest BCUT2D eigenvalue weighted by Crippen LogP contribution is 2.30. The van der Waals surface area contributed by atoms with E-state index in [0.717, 1.165) is 19.3 Å². The third-order valence-corrected chi connectivity index (χ3v) is 6.89. The maximum Gasteiger partial charge on any atom is 0.387 e. The molecule has 0 saturated carbocycles. The standard InChI is InChI=1S/C23H26F2N2O5S/c1-2-31-21-12-11-19(33(29,30)27-14-4-3-5-15-27)16-20(21)26-22(28)13-8-17-6-9-18(10-7-17)32-23(24)25/h6-13,16,23H,2-5,14-15H2,1H3,(H,26,28)/b13-8+. The van der Waals surface area contributed by atoms with Crippen molar-refractivity contribution in [3.05, 3.63) is 54.1 Å². The van der Waals surface area contributed by atoms with Crippen LogP contribution in [0.15, 0.2) is 53.4 Å². The van der Waals surface area contributed by atoms with E-state index < -0.39 is 22.5 Å². The van der Waals surface area contributed by atoms with Crippen LogP contribution in [0.2, 0.25) is 0 Å². The van der Waals surface area contributed by atoms with Gasteiger partial charge in [0.2, 0.25) is 15.9 Å². The van der Waals surface area contributed by atoms with Crippen LogP contribution in [-0.2, 0) is 14.8 Å². The predicted octanol–water partition coefficient (Wildman–Crippen LogP) is 4.51. The highest BCUT2D eigenvalue weighted by atomic mass is 32.2. The average Bonchev–Trinajstić information content (AvgIpc) is 2.80. The fourth-order valence-corrected chi connectivity index (χ4v) is 4.95. The molecule has 1 N–H and O–H groups in total. The van der Waals surface area contributed by atoms with Crippen molar-refractivity contribution in [2.75, 3.05) is 25.0 Å². The van der Waals surface area contributed by atoms with Gasteiger partial charge in [-0.05, 0) is 61.7 Å². The topological polar surface area (TPSA) is 84.9 Å². The Labute approximate surface area is 192 Å². The minimum atomic E-state index is -3.68. The van der Waals surface area contributed by atoms with Gasteiger partial charge in [0, 0.05) is 19.2 Å². The van der Waals surface area contributed by atoms with E-state index in [1.54, 1.807) is 6.92 Å².